The number of nitrogens with one attached hydrogen (secondary N) is 1. The van der Waals surface area contributed by atoms with E-state index in [0.29, 0.717) is 6.04 Å². The molecule has 4 heteroatoms. The second-order valence-electron chi connectivity index (χ2n) is 5.68. The molecule has 0 saturated heterocycles. The Morgan fingerprint density at radius 3 is 2.05 bits per heavy atom. The van der Waals surface area contributed by atoms with Gasteiger partial charge in [-0.15, -0.1) is 0 Å². The fraction of sp³-hybridized carbons (Fsp3) is 0.867. The third-order valence-electron chi connectivity index (χ3n) is 4.06. The summed E-state index contributed by atoms with van der Waals surface area (Å²) in [6.45, 7) is 0.737. The molecule has 1 aromatic rings. The summed E-state index contributed by atoms with van der Waals surface area (Å²) in [5.74, 6) is 0.770. The van der Waals surface area contributed by atoms with Crippen LogP contribution in [0.1, 0.15) is 76.5 Å². The Morgan fingerprint density at radius 1 is 0.947 bits per heavy atom. The van der Waals surface area contributed by atoms with Crippen molar-refractivity contribution in [3.63, 3.8) is 0 Å². The van der Waals surface area contributed by atoms with E-state index in [2.05, 4.69) is 15.5 Å². The van der Waals surface area contributed by atoms with E-state index in [9.17, 15) is 0 Å². The Morgan fingerprint density at radius 2 is 1.53 bits per heavy atom. The summed E-state index contributed by atoms with van der Waals surface area (Å²) < 4.78 is 4.76. The van der Waals surface area contributed by atoms with Gasteiger partial charge in [0.1, 0.15) is 0 Å². The van der Waals surface area contributed by atoms with Crippen LogP contribution < -0.4 is 5.32 Å². The predicted octanol–water partition coefficient (Wildman–Crippen LogP) is 3.83. The van der Waals surface area contributed by atoms with E-state index in [1.54, 1.807) is 0 Å². The fourth-order valence-corrected chi connectivity index (χ4v) is 2.87. The average molecular weight is 265 g/mol. The fourth-order valence-electron chi connectivity index (χ4n) is 2.87. The molecule has 1 aliphatic carbocycles. The zero-order valence-corrected chi connectivity index (χ0v) is 11.9. The van der Waals surface area contributed by atoms with Gasteiger partial charge in [0.25, 0.3) is 0 Å². The molecule has 0 aromatic carbocycles. The van der Waals surface area contributed by atoms with Gasteiger partial charge in [-0.05, 0) is 12.8 Å². The molecule has 0 bridgehead atoms. The molecular weight excluding hydrogens is 238 g/mol. The Kier molecular flexibility index (Phi) is 6.93. The van der Waals surface area contributed by atoms with Crippen molar-refractivity contribution in [1.29, 1.82) is 0 Å². The first kappa shape index (κ1) is 14.5. The molecule has 0 amide bonds. The van der Waals surface area contributed by atoms with E-state index in [4.69, 9.17) is 4.52 Å². The lowest BCUT2D eigenvalue weighted by Gasteiger charge is -2.18. The van der Waals surface area contributed by atoms with Gasteiger partial charge in [-0.25, -0.2) is 0 Å². The predicted molar refractivity (Wildman–Crippen MR) is 75.7 cm³/mol. The zero-order valence-electron chi connectivity index (χ0n) is 11.9. The van der Waals surface area contributed by atoms with Crippen LogP contribution in [0.25, 0.3) is 0 Å². The van der Waals surface area contributed by atoms with Gasteiger partial charge in [0.15, 0.2) is 5.82 Å². The number of nitrogens with zero attached hydrogens (tertiary/aromatic N) is 2. The molecule has 1 N–H and O–H groups in total. The van der Waals surface area contributed by atoms with Crippen LogP contribution in [0.2, 0.25) is 0 Å². The molecule has 0 aliphatic heterocycles. The van der Waals surface area contributed by atoms with E-state index in [1.165, 1.54) is 77.0 Å². The molecule has 2 rings (SSSR count). The van der Waals surface area contributed by atoms with Gasteiger partial charge in [-0.2, -0.15) is 4.98 Å². The first-order valence-corrected chi connectivity index (χ1v) is 7.94. The average Bonchev–Trinajstić information content (AvgIpc) is 2.91. The molecule has 1 aromatic heterocycles. The van der Waals surface area contributed by atoms with E-state index in [0.717, 1.165) is 12.4 Å². The molecule has 0 radical (unpaired) electrons. The SMILES string of the molecule is c1nc(CNC2CCCCCCCCCCC2)no1. The van der Waals surface area contributed by atoms with E-state index < -0.39 is 0 Å². The number of rotatable bonds is 3. The van der Waals surface area contributed by atoms with Crippen LogP contribution in [-0.2, 0) is 6.54 Å². The van der Waals surface area contributed by atoms with Crippen LogP contribution >= 0.6 is 0 Å². The molecule has 0 atom stereocenters. The van der Waals surface area contributed by atoms with Crippen LogP contribution in [0, 0.1) is 0 Å². The Balaban J connectivity index is 1.71. The van der Waals surface area contributed by atoms with E-state index in [1.807, 2.05) is 0 Å². The molecular formula is C15H27N3O. The third kappa shape index (κ3) is 6.19. The smallest absolute Gasteiger partial charge is 0.213 e. The van der Waals surface area contributed by atoms with Crippen LogP contribution in [0.5, 0.6) is 0 Å². The lowest BCUT2D eigenvalue weighted by Crippen LogP contribution is -2.29. The normalized spacial score (nSPS) is 20.6. The molecule has 108 valence electrons. The summed E-state index contributed by atoms with van der Waals surface area (Å²) in [4.78, 5) is 4.06. The van der Waals surface area contributed by atoms with Crippen LogP contribution in [0.15, 0.2) is 10.9 Å². The number of hydrogen-bond donors (Lipinski definition) is 1. The van der Waals surface area contributed by atoms with Crippen molar-refractivity contribution >= 4 is 0 Å². The lowest BCUT2D eigenvalue weighted by molar-refractivity contribution is 0.383. The quantitative estimate of drug-likeness (QED) is 0.902. The van der Waals surface area contributed by atoms with Gasteiger partial charge in [-0.1, -0.05) is 62.9 Å². The number of aromatic nitrogens is 2. The molecule has 0 unspecified atom stereocenters. The summed E-state index contributed by atoms with van der Waals surface area (Å²) >= 11 is 0. The maximum atomic E-state index is 4.76. The van der Waals surface area contributed by atoms with Crippen molar-refractivity contribution < 1.29 is 4.52 Å². The Bertz CT molecular complexity index is 301. The summed E-state index contributed by atoms with van der Waals surface area (Å²) in [6, 6.07) is 0.623. The summed E-state index contributed by atoms with van der Waals surface area (Å²) in [5.41, 5.74) is 0. The second-order valence-corrected chi connectivity index (χ2v) is 5.68. The molecule has 1 heterocycles. The van der Waals surface area contributed by atoms with Gasteiger partial charge in [0, 0.05) is 6.04 Å². The Labute approximate surface area is 116 Å². The van der Waals surface area contributed by atoms with Crippen molar-refractivity contribution in [1.82, 2.24) is 15.5 Å². The first-order valence-electron chi connectivity index (χ1n) is 7.94. The highest BCUT2D eigenvalue weighted by atomic mass is 16.5. The van der Waals surface area contributed by atoms with Crippen LogP contribution in [0.4, 0.5) is 0 Å². The van der Waals surface area contributed by atoms with E-state index in [-0.39, 0.29) is 0 Å². The van der Waals surface area contributed by atoms with Crippen LogP contribution in [-0.4, -0.2) is 16.2 Å². The van der Waals surface area contributed by atoms with Gasteiger partial charge in [-0.3, -0.25) is 0 Å². The minimum Gasteiger partial charge on any atom is -0.343 e. The topological polar surface area (TPSA) is 51.0 Å². The molecule has 1 fully saturated rings. The van der Waals surface area contributed by atoms with E-state index >= 15 is 0 Å². The van der Waals surface area contributed by atoms with Crippen molar-refractivity contribution in [3.8, 4) is 0 Å². The molecule has 4 nitrogen and oxygen atoms in total. The number of hydrogen-bond acceptors (Lipinski definition) is 4. The third-order valence-corrected chi connectivity index (χ3v) is 4.06. The molecule has 19 heavy (non-hydrogen) atoms. The van der Waals surface area contributed by atoms with Crippen molar-refractivity contribution in [2.45, 2.75) is 83.2 Å². The first-order chi connectivity index (χ1) is 9.45. The summed E-state index contributed by atoms with van der Waals surface area (Å²) in [6.07, 6.45) is 16.6. The zero-order chi connectivity index (χ0) is 13.2. The molecule has 0 spiro atoms. The standard InChI is InChI=1S/C15H27N3O/c1-2-4-6-8-10-14(11-9-7-5-3-1)16-12-15-17-13-19-18-15/h13-14,16H,1-12H2. The van der Waals surface area contributed by atoms with Crippen molar-refractivity contribution in [2.75, 3.05) is 0 Å². The lowest BCUT2D eigenvalue weighted by atomic mass is 9.98. The minimum absolute atomic E-state index is 0.623. The van der Waals surface area contributed by atoms with Crippen LogP contribution in [0.3, 0.4) is 0 Å². The molecule has 1 aliphatic rings. The van der Waals surface area contributed by atoms with Gasteiger partial charge < -0.3 is 9.84 Å². The second kappa shape index (κ2) is 9.08. The highest BCUT2D eigenvalue weighted by Gasteiger charge is 2.10. The van der Waals surface area contributed by atoms with Gasteiger partial charge in [0.05, 0.1) is 6.54 Å². The van der Waals surface area contributed by atoms with Crippen molar-refractivity contribution in [3.05, 3.63) is 12.2 Å². The largest absolute Gasteiger partial charge is 0.343 e. The maximum Gasteiger partial charge on any atom is 0.213 e. The minimum atomic E-state index is 0.623. The van der Waals surface area contributed by atoms with Gasteiger partial charge in [0.2, 0.25) is 6.39 Å². The summed E-state index contributed by atoms with van der Waals surface area (Å²) in [7, 11) is 0. The monoisotopic (exact) mass is 265 g/mol. The maximum absolute atomic E-state index is 4.76. The highest BCUT2D eigenvalue weighted by Crippen LogP contribution is 2.17. The van der Waals surface area contributed by atoms with Crippen molar-refractivity contribution in [2.24, 2.45) is 0 Å². The summed E-state index contributed by atoms with van der Waals surface area (Å²) in [5, 5.41) is 7.45. The highest BCUT2D eigenvalue weighted by molar-refractivity contribution is 4.79. The van der Waals surface area contributed by atoms with Gasteiger partial charge >= 0.3 is 0 Å². The Hall–Kier alpha value is -0.900. The molecule has 1 saturated carbocycles.